The Bertz CT molecular complexity index is 590. The third-order valence-electron chi connectivity index (χ3n) is 2.57. The maximum Gasteiger partial charge on any atom is 0.410 e. The molecule has 1 aromatic rings. The molecule has 0 amide bonds. The summed E-state index contributed by atoms with van der Waals surface area (Å²) in [6.45, 7) is 0. The molecule has 0 heterocycles. The number of methoxy groups -OCH3 is 3. The standard InChI is InChI=1S/C11H12ClF3O5S/c1-18-7-4-6(5-8(19-2)9(7)20-3)10(11(13,14)15)21(12,16)17/h4-5,10H,1-3H3. The highest BCUT2D eigenvalue weighted by molar-refractivity contribution is 8.14. The molecule has 0 aromatic heterocycles. The monoisotopic (exact) mass is 348 g/mol. The lowest BCUT2D eigenvalue weighted by Gasteiger charge is -2.20. The van der Waals surface area contributed by atoms with Gasteiger partial charge in [0.2, 0.25) is 14.8 Å². The minimum absolute atomic E-state index is 0.0386. The highest BCUT2D eigenvalue weighted by Crippen LogP contribution is 2.46. The maximum absolute atomic E-state index is 13.0. The van der Waals surface area contributed by atoms with Crippen LogP contribution in [0.5, 0.6) is 17.2 Å². The molecule has 0 N–H and O–H groups in total. The number of alkyl halides is 3. The summed E-state index contributed by atoms with van der Waals surface area (Å²) in [6.07, 6.45) is -5.09. The van der Waals surface area contributed by atoms with Crippen molar-refractivity contribution in [2.24, 2.45) is 0 Å². The summed E-state index contributed by atoms with van der Waals surface area (Å²) < 4.78 is 76.2. The average molecular weight is 349 g/mol. The summed E-state index contributed by atoms with van der Waals surface area (Å²) in [5.41, 5.74) is -0.632. The Kier molecular flexibility index (Phi) is 5.21. The van der Waals surface area contributed by atoms with Gasteiger partial charge in [-0.2, -0.15) is 13.2 Å². The Morgan fingerprint density at radius 3 is 1.71 bits per heavy atom. The van der Waals surface area contributed by atoms with Gasteiger partial charge in [-0.1, -0.05) is 0 Å². The lowest BCUT2D eigenvalue weighted by atomic mass is 10.1. The molecule has 1 unspecified atom stereocenters. The first-order valence-electron chi connectivity index (χ1n) is 5.36. The SMILES string of the molecule is COc1cc(C(C(F)(F)F)S(=O)(=O)Cl)cc(OC)c1OC. The van der Waals surface area contributed by atoms with Crippen molar-refractivity contribution in [3.05, 3.63) is 17.7 Å². The van der Waals surface area contributed by atoms with Crippen molar-refractivity contribution in [1.82, 2.24) is 0 Å². The Hall–Kier alpha value is -1.35. The van der Waals surface area contributed by atoms with E-state index in [-0.39, 0.29) is 17.2 Å². The second kappa shape index (κ2) is 6.18. The van der Waals surface area contributed by atoms with E-state index >= 15 is 0 Å². The van der Waals surface area contributed by atoms with Gasteiger partial charge in [0, 0.05) is 10.7 Å². The highest BCUT2D eigenvalue weighted by Gasteiger charge is 2.49. The van der Waals surface area contributed by atoms with Crippen LogP contribution in [0.1, 0.15) is 10.8 Å². The molecule has 0 bridgehead atoms. The number of hydrogen-bond donors (Lipinski definition) is 0. The Labute approximate surface area is 124 Å². The van der Waals surface area contributed by atoms with Gasteiger partial charge in [-0.25, -0.2) is 8.42 Å². The first-order chi connectivity index (χ1) is 9.56. The van der Waals surface area contributed by atoms with Crippen LogP contribution in [-0.4, -0.2) is 35.9 Å². The third kappa shape index (κ3) is 3.85. The van der Waals surface area contributed by atoms with E-state index in [0.29, 0.717) is 0 Å². The lowest BCUT2D eigenvalue weighted by molar-refractivity contribution is -0.131. The molecule has 21 heavy (non-hydrogen) atoms. The molecule has 1 atom stereocenters. The van der Waals surface area contributed by atoms with E-state index in [1.165, 1.54) is 21.3 Å². The summed E-state index contributed by atoms with van der Waals surface area (Å²) >= 11 is 0. The van der Waals surface area contributed by atoms with Crippen molar-refractivity contribution >= 4 is 19.7 Å². The fourth-order valence-electron chi connectivity index (χ4n) is 1.76. The predicted molar refractivity (Wildman–Crippen MR) is 69.7 cm³/mol. The largest absolute Gasteiger partial charge is 0.493 e. The van der Waals surface area contributed by atoms with Crippen LogP contribution in [0.3, 0.4) is 0 Å². The van der Waals surface area contributed by atoms with E-state index < -0.39 is 26.0 Å². The van der Waals surface area contributed by atoms with Gasteiger partial charge in [-0.15, -0.1) is 0 Å². The molecule has 1 aromatic carbocycles. The van der Waals surface area contributed by atoms with Crippen molar-refractivity contribution in [1.29, 1.82) is 0 Å². The molecule has 0 spiro atoms. The van der Waals surface area contributed by atoms with E-state index in [4.69, 9.17) is 24.9 Å². The van der Waals surface area contributed by atoms with Crippen LogP contribution in [0, 0.1) is 0 Å². The normalized spacial score (nSPS) is 13.7. The maximum atomic E-state index is 13.0. The Balaban J connectivity index is 3.61. The predicted octanol–water partition coefficient (Wildman–Crippen LogP) is 2.88. The van der Waals surface area contributed by atoms with Gasteiger partial charge >= 0.3 is 6.18 Å². The van der Waals surface area contributed by atoms with E-state index in [9.17, 15) is 21.6 Å². The van der Waals surface area contributed by atoms with Crippen molar-refractivity contribution in [3.8, 4) is 17.2 Å². The van der Waals surface area contributed by atoms with Crippen LogP contribution in [0.15, 0.2) is 12.1 Å². The minimum atomic E-state index is -5.09. The third-order valence-corrected chi connectivity index (χ3v) is 4.21. The minimum Gasteiger partial charge on any atom is -0.493 e. The van der Waals surface area contributed by atoms with Crippen molar-refractivity contribution in [2.75, 3.05) is 21.3 Å². The Morgan fingerprint density at radius 1 is 1.05 bits per heavy atom. The van der Waals surface area contributed by atoms with Gasteiger partial charge in [-0.3, -0.25) is 0 Å². The molecular weight excluding hydrogens is 337 g/mol. The summed E-state index contributed by atoms with van der Waals surface area (Å²) in [5.74, 6) is -0.181. The zero-order valence-electron chi connectivity index (χ0n) is 11.2. The smallest absolute Gasteiger partial charge is 0.410 e. The topological polar surface area (TPSA) is 61.8 Å². The lowest BCUT2D eigenvalue weighted by Crippen LogP contribution is -2.26. The molecule has 120 valence electrons. The zero-order chi connectivity index (χ0) is 16.4. The van der Waals surface area contributed by atoms with E-state index in [1.54, 1.807) is 0 Å². The molecule has 0 aliphatic carbocycles. The van der Waals surface area contributed by atoms with Crippen molar-refractivity contribution in [3.63, 3.8) is 0 Å². The van der Waals surface area contributed by atoms with Crippen LogP contribution < -0.4 is 14.2 Å². The average Bonchev–Trinajstić information content (AvgIpc) is 2.33. The van der Waals surface area contributed by atoms with Crippen molar-refractivity contribution in [2.45, 2.75) is 11.4 Å². The van der Waals surface area contributed by atoms with Crippen LogP contribution >= 0.6 is 10.7 Å². The number of halogens is 4. The number of benzene rings is 1. The Morgan fingerprint density at radius 2 is 1.48 bits per heavy atom. The first-order valence-corrected chi connectivity index (χ1v) is 7.73. The van der Waals surface area contributed by atoms with Crippen molar-refractivity contribution < 1.29 is 35.8 Å². The van der Waals surface area contributed by atoms with Crippen LogP contribution in [0.2, 0.25) is 0 Å². The second-order valence-corrected chi connectivity index (χ2v) is 6.57. The van der Waals surface area contributed by atoms with E-state index in [0.717, 1.165) is 12.1 Å². The molecule has 0 aliphatic rings. The summed E-state index contributed by atoms with van der Waals surface area (Å²) in [4.78, 5) is 0. The van der Waals surface area contributed by atoms with Gasteiger partial charge in [0.05, 0.1) is 21.3 Å². The van der Waals surface area contributed by atoms with Gasteiger partial charge in [0.25, 0.3) is 0 Å². The molecule has 0 aliphatic heterocycles. The zero-order valence-corrected chi connectivity index (χ0v) is 12.8. The number of hydrogen-bond acceptors (Lipinski definition) is 5. The number of ether oxygens (including phenoxy) is 3. The molecule has 5 nitrogen and oxygen atoms in total. The van der Waals surface area contributed by atoms with E-state index in [1.807, 2.05) is 0 Å². The molecule has 0 saturated carbocycles. The fraction of sp³-hybridized carbons (Fsp3) is 0.455. The fourth-order valence-corrected chi connectivity index (χ4v) is 3.16. The van der Waals surface area contributed by atoms with Gasteiger partial charge < -0.3 is 14.2 Å². The first kappa shape index (κ1) is 17.7. The summed E-state index contributed by atoms with van der Waals surface area (Å²) in [5, 5.41) is -2.90. The quantitative estimate of drug-likeness (QED) is 0.766. The summed E-state index contributed by atoms with van der Waals surface area (Å²) in [6, 6.07) is 1.78. The van der Waals surface area contributed by atoms with Gasteiger partial charge in [0.15, 0.2) is 16.7 Å². The number of rotatable bonds is 5. The van der Waals surface area contributed by atoms with Gasteiger partial charge in [-0.05, 0) is 17.7 Å². The van der Waals surface area contributed by atoms with Crippen LogP contribution in [-0.2, 0) is 9.05 Å². The molecular formula is C11H12ClF3O5S. The molecule has 10 heteroatoms. The molecule has 1 rings (SSSR count). The molecule has 0 radical (unpaired) electrons. The highest BCUT2D eigenvalue weighted by atomic mass is 35.7. The van der Waals surface area contributed by atoms with Crippen LogP contribution in [0.4, 0.5) is 13.2 Å². The van der Waals surface area contributed by atoms with E-state index in [2.05, 4.69) is 0 Å². The molecule has 0 saturated heterocycles. The second-order valence-electron chi connectivity index (χ2n) is 3.86. The van der Waals surface area contributed by atoms with Gasteiger partial charge in [0.1, 0.15) is 0 Å². The summed E-state index contributed by atoms with van der Waals surface area (Å²) in [7, 11) is 3.62. The van der Waals surface area contributed by atoms with Crippen LogP contribution in [0.25, 0.3) is 0 Å². The molecule has 0 fully saturated rings.